The Bertz CT molecular complexity index is 930. The number of benzene rings is 2. The molecule has 0 bridgehead atoms. The number of hydrogen-bond donors (Lipinski definition) is 1. The summed E-state index contributed by atoms with van der Waals surface area (Å²) in [6.07, 6.45) is 3.15. The Morgan fingerprint density at radius 2 is 1.96 bits per heavy atom. The normalized spacial score (nSPS) is 13.5. The van der Waals surface area contributed by atoms with Crippen LogP contribution in [0.15, 0.2) is 48.7 Å². The molecule has 0 atom stereocenters. The second-order valence-corrected chi connectivity index (χ2v) is 6.22. The molecular weight excluding hydrogens is 316 g/mol. The molecule has 5 nitrogen and oxygen atoms in total. The van der Waals surface area contributed by atoms with Gasteiger partial charge in [-0.05, 0) is 35.9 Å². The summed E-state index contributed by atoms with van der Waals surface area (Å²) in [6.45, 7) is 1.30. The van der Waals surface area contributed by atoms with E-state index in [4.69, 9.17) is 9.47 Å². The maximum absolute atomic E-state index is 12.5. The zero-order valence-corrected chi connectivity index (χ0v) is 14.1. The summed E-state index contributed by atoms with van der Waals surface area (Å²) < 4.78 is 13.4. The maximum Gasteiger partial charge on any atom is 0.228 e. The molecule has 0 saturated carbocycles. The number of carbonyl (C=O) groups excluding carboxylic acids is 1. The Labute approximate surface area is 146 Å². The molecular formula is C20H20N2O3. The van der Waals surface area contributed by atoms with Crippen molar-refractivity contribution in [2.75, 3.05) is 18.5 Å². The molecule has 3 aromatic rings. The summed E-state index contributed by atoms with van der Waals surface area (Å²) in [5.41, 5.74) is 2.83. The molecule has 1 N–H and O–H groups in total. The van der Waals surface area contributed by atoms with Gasteiger partial charge in [0.15, 0.2) is 11.5 Å². The molecule has 25 heavy (non-hydrogen) atoms. The summed E-state index contributed by atoms with van der Waals surface area (Å²) in [4.78, 5) is 12.5. The SMILES string of the molecule is Cn1ccc2c(NC(=O)Cc3ccc4c(c3)OCCCO4)cccc21. The number of nitrogens with one attached hydrogen (secondary N) is 1. The van der Waals surface area contributed by atoms with Crippen molar-refractivity contribution in [3.8, 4) is 11.5 Å². The van der Waals surface area contributed by atoms with Crippen LogP contribution in [0.3, 0.4) is 0 Å². The molecule has 2 aromatic carbocycles. The van der Waals surface area contributed by atoms with Gasteiger partial charge in [-0.1, -0.05) is 12.1 Å². The first kappa shape index (κ1) is 15.6. The monoisotopic (exact) mass is 336 g/mol. The minimum absolute atomic E-state index is 0.0501. The Hall–Kier alpha value is -2.95. The van der Waals surface area contributed by atoms with Crippen LogP contribution in [0.25, 0.3) is 10.9 Å². The summed E-state index contributed by atoms with van der Waals surface area (Å²) in [5.74, 6) is 1.41. The second kappa shape index (κ2) is 6.51. The number of ether oxygens (including phenoxy) is 2. The van der Waals surface area contributed by atoms with Crippen LogP contribution in [0, 0.1) is 0 Å². The number of aromatic nitrogens is 1. The van der Waals surface area contributed by atoms with Crippen molar-refractivity contribution in [2.24, 2.45) is 7.05 Å². The number of hydrogen-bond acceptors (Lipinski definition) is 3. The molecule has 0 fully saturated rings. The summed E-state index contributed by atoms with van der Waals surface area (Å²) >= 11 is 0. The van der Waals surface area contributed by atoms with Gasteiger partial charge in [-0.2, -0.15) is 0 Å². The highest BCUT2D eigenvalue weighted by Crippen LogP contribution is 2.31. The minimum atomic E-state index is -0.0501. The van der Waals surface area contributed by atoms with E-state index in [-0.39, 0.29) is 5.91 Å². The quantitative estimate of drug-likeness (QED) is 0.796. The van der Waals surface area contributed by atoms with E-state index >= 15 is 0 Å². The summed E-state index contributed by atoms with van der Waals surface area (Å²) in [6, 6.07) is 13.6. The number of nitrogens with zero attached hydrogens (tertiary/aromatic N) is 1. The van der Waals surface area contributed by atoms with Crippen LogP contribution in [0.5, 0.6) is 11.5 Å². The summed E-state index contributed by atoms with van der Waals surface area (Å²) in [5, 5.41) is 4.05. The maximum atomic E-state index is 12.5. The lowest BCUT2D eigenvalue weighted by Gasteiger charge is -2.10. The Kier molecular flexibility index (Phi) is 4.06. The lowest BCUT2D eigenvalue weighted by atomic mass is 10.1. The van der Waals surface area contributed by atoms with Crippen LogP contribution in [0.1, 0.15) is 12.0 Å². The van der Waals surface area contributed by atoms with Gasteiger partial charge in [-0.3, -0.25) is 4.79 Å². The molecule has 128 valence electrons. The molecule has 2 heterocycles. The zero-order chi connectivity index (χ0) is 17.2. The molecule has 1 amide bonds. The van der Waals surface area contributed by atoms with Crippen molar-refractivity contribution < 1.29 is 14.3 Å². The fourth-order valence-corrected chi connectivity index (χ4v) is 3.11. The lowest BCUT2D eigenvalue weighted by Crippen LogP contribution is -2.14. The second-order valence-electron chi connectivity index (χ2n) is 6.22. The molecule has 1 aliphatic rings. The minimum Gasteiger partial charge on any atom is -0.490 e. The molecule has 4 rings (SSSR count). The molecule has 0 unspecified atom stereocenters. The topological polar surface area (TPSA) is 52.5 Å². The molecule has 5 heteroatoms. The van der Waals surface area contributed by atoms with E-state index in [0.29, 0.717) is 25.4 Å². The van der Waals surface area contributed by atoms with E-state index in [0.717, 1.165) is 34.3 Å². The number of aryl methyl sites for hydroxylation is 1. The van der Waals surface area contributed by atoms with E-state index in [1.165, 1.54) is 0 Å². The van der Waals surface area contributed by atoms with Gasteiger partial charge in [0.2, 0.25) is 5.91 Å². The van der Waals surface area contributed by atoms with Gasteiger partial charge in [-0.25, -0.2) is 0 Å². The van der Waals surface area contributed by atoms with Gasteiger partial charge in [0.1, 0.15) is 0 Å². The van der Waals surface area contributed by atoms with Crippen LogP contribution in [-0.4, -0.2) is 23.7 Å². The Morgan fingerprint density at radius 1 is 1.12 bits per heavy atom. The fourth-order valence-electron chi connectivity index (χ4n) is 3.11. The predicted octanol–water partition coefficient (Wildman–Crippen LogP) is 3.52. The highest BCUT2D eigenvalue weighted by molar-refractivity contribution is 6.02. The van der Waals surface area contributed by atoms with E-state index in [2.05, 4.69) is 5.32 Å². The van der Waals surface area contributed by atoms with Crippen molar-refractivity contribution in [2.45, 2.75) is 12.8 Å². The first-order valence-electron chi connectivity index (χ1n) is 8.43. The smallest absolute Gasteiger partial charge is 0.228 e. The van der Waals surface area contributed by atoms with E-state index in [1.54, 1.807) is 0 Å². The van der Waals surface area contributed by atoms with E-state index in [9.17, 15) is 4.79 Å². The Balaban J connectivity index is 1.51. The third kappa shape index (κ3) is 3.18. The third-order valence-electron chi connectivity index (χ3n) is 4.38. The largest absolute Gasteiger partial charge is 0.490 e. The van der Waals surface area contributed by atoms with Gasteiger partial charge in [0.25, 0.3) is 0 Å². The highest BCUT2D eigenvalue weighted by atomic mass is 16.5. The lowest BCUT2D eigenvalue weighted by molar-refractivity contribution is -0.115. The number of rotatable bonds is 3. The number of amides is 1. The average molecular weight is 336 g/mol. The zero-order valence-electron chi connectivity index (χ0n) is 14.1. The molecule has 1 aromatic heterocycles. The average Bonchev–Trinajstić information content (AvgIpc) is 2.84. The van der Waals surface area contributed by atoms with Crippen LogP contribution in [0.2, 0.25) is 0 Å². The van der Waals surface area contributed by atoms with E-state index in [1.807, 2.05) is 60.3 Å². The molecule has 0 radical (unpaired) electrons. The Morgan fingerprint density at radius 3 is 2.84 bits per heavy atom. The number of fused-ring (bicyclic) bond motifs is 2. The fraction of sp³-hybridized carbons (Fsp3) is 0.250. The summed E-state index contributed by atoms with van der Waals surface area (Å²) in [7, 11) is 1.99. The van der Waals surface area contributed by atoms with Crippen LogP contribution in [0.4, 0.5) is 5.69 Å². The molecule has 0 saturated heterocycles. The van der Waals surface area contributed by atoms with E-state index < -0.39 is 0 Å². The van der Waals surface area contributed by atoms with Crippen molar-refractivity contribution in [1.82, 2.24) is 4.57 Å². The highest BCUT2D eigenvalue weighted by Gasteiger charge is 2.13. The van der Waals surface area contributed by atoms with Gasteiger partial charge in [0, 0.05) is 30.6 Å². The predicted molar refractivity (Wildman–Crippen MR) is 97.3 cm³/mol. The van der Waals surface area contributed by atoms with Crippen molar-refractivity contribution in [1.29, 1.82) is 0 Å². The third-order valence-corrected chi connectivity index (χ3v) is 4.38. The first-order chi connectivity index (χ1) is 12.2. The van der Waals surface area contributed by atoms with Crippen LogP contribution >= 0.6 is 0 Å². The van der Waals surface area contributed by atoms with Gasteiger partial charge in [-0.15, -0.1) is 0 Å². The molecule has 0 aliphatic carbocycles. The van der Waals surface area contributed by atoms with Gasteiger partial charge >= 0.3 is 0 Å². The molecule has 1 aliphatic heterocycles. The first-order valence-corrected chi connectivity index (χ1v) is 8.43. The molecule has 0 spiro atoms. The van der Waals surface area contributed by atoms with Crippen molar-refractivity contribution in [3.63, 3.8) is 0 Å². The van der Waals surface area contributed by atoms with Crippen LogP contribution < -0.4 is 14.8 Å². The van der Waals surface area contributed by atoms with Crippen molar-refractivity contribution >= 4 is 22.5 Å². The number of anilines is 1. The van der Waals surface area contributed by atoms with Gasteiger partial charge in [0.05, 0.1) is 25.3 Å². The van der Waals surface area contributed by atoms with Crippen LogP contribution in [-0.2, 0) is 18.3 Å². The van der Waals surface area contributed by atoms with Gasteiger partial charge < -0.3 is 19.4 Å². The number of carbonyl (C=O) groups is 1. The van der Waals surface area contributed by atoms with Crippen molar-refractivity contribution in [3.05, 3.63) is 54.2 Å². The standard InChI is InChI=1S/C20H20N2O3/c1-22-9-8-15-16(4-2-5-17(15)22)21-20(23)13-14-6-7-18-19(12-14)25-11-3-10-24-18/h2,4-9,12H,3,10-11,13H2,1H3,(H,21,23).